The minimum absolute atomic E-state index is 0.0223. The van der Waals surface area contributed by atoms with Crippen molar-refractivity contribution in [3.8, 4) is 0 Å². The van der Waals surface area contributed by atoms with Gasteiger partial charge in [0.25, 0.3) is 5.91 Å². The number of alkyl carbamates (subject to hydrolysis) is 1. The molecule has 5 nitrogen and oxygen atoms in total. The number of hydrogen-bond acceptors (Lipinski definition) is 3. The Balaban J connectivity index is 1.97. The van der Waals surface area contributed by atoms with Gasteiger partial charge in [0.1, 0.15) is 0 Å². The van der Waals surface area contributed by atoms with Gasteiger partial charge >= 0.3 is 6.09 Å². The van der Waals surface area contributed by atoms with Crippen LogP contribution in [-0.4, -0.2) is 42.6 Å². The number of benzene rings is 1. The Kier molecular flexibility index (Phi) is 5.20. The van der Waals surface area contributed by atoms with E-state index in [1.807, 2.05) is 31.2 Å². The number of rotatable bonds is 3. The molecule has 1 aromatic rings. The van der Waals surface area contributed by atoms with E-state index in [1.165, 1.54) is 0 Å². The molecule has 5 heteroatoms. The molecule has 1 saturated heterocycles. The molecule has 0 saturated carbocycles. The van der Waals surface area contributed by atoms with Gasteiger partial charge in [0, 0.05) is 24.7 Å². The van der Waals surface area contributed by atoms with Crippen molar-refractivity contribution < 1.29 is 14.3 Å². The molecule has 0 aliphatic carbocycles. The lowest BCUT2D eigenvalue weighted by Crippen LogP contribution is -2.49. The Hall–Kier alpha value is -2.04. The first-order valence-corrected chi connectivity index (χ1v) is 7.39. The third-order valence-electron chi connectivity index (χ3n) is 3.57. The van der Waals surface area contributed by atoms with Gasteiger partial charge in [0.15, 0.2) is 0 Å². The van der Waals surface area contributed by atoms with Crippen molar-refractivity contribution in [3.63, 3.8) is 0 Å². The van der Waals surface area contributed by atoms with Crippen molar-refractivity contribution in [3.05, 3.63) is 35.4 Å². The number of carbonyl (C=O) groups excluding carboxylic acids is 2. The lowest BCUT2D eigenvalue weighted by molar-refractivity contribution is 0.0686. The van der Waals surface area contributed by atoms with Crippen LogP contribution in [0.3, 0.4) is 0 Å². The molecule has 21 heavy (non-hydrogen) atoms. The molecule has 1 fully saturated rings. The lowest BCUT2D eigenvalue weighted by Gasteiger charge is -2.33. The molecule has 1 heterocycles. The van der Waals surface area contributed by atoms with Gasteiger partial charge in [0.2, 0.25) is 0 Å². The second kappa shape index (κ2) is 7.11. The highest BCUT2D eigenvalue weighted by Gasteiger charge is 2.25. The van der Waals surface area contributed by atoms with Crippen molar-refractivity contribution >= 4 is 12.0 Å². The van der Waals surface area contributed by atoms with Gasteiger partial charge in [-0.1, -0.05) is 17.7 Å². The normalized spacial score (nSPS) is 18.2. The first kappa shape index (κ1) is 15.4. The standard InChI is InChI=1S/C16H22N2O3/c1-3-21-16(20)17-14-8-5-9-18(11-14)15(19)13-7-4-6-12(2)10-13/h4,6-7,10,14H,3,5,8-9,11H2,1-2H3,(H,17,20)/t14-/m1/s1. The fourth-order valence-corrected chi connectivity index (χ4v) is 2.58. The zero-order valence-electron chi connectivity index (χ0n) is 12.6. The fraction of sp³-hybridized carbons (Fsp3) is 0.500. The van der Waals surface area contributed by atoms with E-state index in [4.69, 9.17) is 4.74 Å². The molecular formula is C16H22N2O3. The summed E-state index contributed by atoms with van der Waals surface area (Å²) in [5.74, 6) is 0.0223. The molecule has 0 spiro atoms. The monoisotopic (exact) mass is 290 g/mol. The van der Waals surface area contributed by atoms with Gasteiger partial charge in [-0.15, -0.1) is 0 Å². The van der Waals surface area contributed by atoms with E-state index >= 15 is 0 Å². The molecule has 2 rings (SSSR count). The molecule has 1 N–H and O–H groups in total. The Morgan fingerprint density at radius 2 is 2.24 bits per heavy atom. The van der Waals surface area contributed by atoms with Crippen LogP contribution in [0.15, 0.2) is 24.3 Å². The summed E-state index contributed by atoms with van der Waals surface area (Å²) >= 11 is 0. The molecule has 1 aliphatic heterocycles. The molecule has 1 atom stereocenters. The Morgan fingerprint density at radius 3 is 2.95 bits per heavy atom. The SMILES string of the molecule is CCOC(=O)N[C@@H]1CCCN(C(=O)c2cccc(C)c2)C1. The summed E-state index contributed by atoms with van der Waals surface area (Å²) in [5.41, 5.74) is 1.77. The summed E-state index contributed by atoms with van der Waals surface area (Å²) in [6.45, 7) is 5.36. The van der Waals surface area contributed by atoms with Crippen LogP contribution in [0.5, 0.6) is 0 Å². The maximum Gasteiger partial charge on any atom is 0.407 e. The topological polar surface area (TPSA) is 58.6 Å². The van der Waals surface area contributed by atoms with Crippen LogP contribution >= 0.6 is 0 Å². The first-order valence-electron chi connectivity index (χ1n) is 7.39. The van der Waals surface area contributed by atoms with Gasteiger partial charge in [-0.2, -0.15) is 0 Å². The Bertz CT molecular complexity index is 516. The molecule has 0 unspecified atom stereocenters. The first-order chi connectivity index (χ1) is 10.1. The molecule has 114 valence electrons. The summed E-state index contributed by atoms with van der Waals surface area (Å²) in [4.78, 5) is 25.8. The average Bonchev–Trinajstić information content (AvgIpc) is 2.47. The van der Waals surface area contributed by atoms with E-state index in [1.54, 1.807) is 11.8 Å². The van der Waals surface area contributed by atoms with Crippen LogP contribution < -0.4 is 5.32 Å². The average molecular weight is 290 g/mol. The highest BCUT2D eigenvalue weighted by atomic mass is 16.5. The number of hydrogen-bond donors (Lipinski definition) is 1. The third kappa shape index (κ3) is 4.21. The van der Waals surface area contributed by atoms with Gasteiger partial charge in [0.05, 0.1) is 6.61 Å². The van der Waals surface area contributed by atoms with Crippen molar-refractivity contribution in [2.45, 2.75) is 32.7 Å². The number of carbonyl (C=O) groups is 2. The summed E-state index contributed by atoms with van der Waals surface area (Å²) in [6, 6.07) is 7.55. The third-order valence-corrected chi connectivity index (χ3v) is 3.57. The number of ether oxygens (including phenoxy) is 1. The molecule has 1 aliphatic rings. The maximum absolute atomic E-state index is 12.5. The summed E-state index contributed by atoms with van der Waals surface area (Å²) < 4.78 is 4.89. The minimum Gasteiger partial charge on any atom is -0.450 e. The van der Waals surface area contributed by atoms with E-state index in [9.17, 15) is 9.59 Å². The van der Waals surface area contributed by atoms with E-state index in [-0.39, 0.29) is 11.9 Å². The highest BCUT2D eigenvalue weighted by molar-refractivity contribution is 5.94. The summed E-state index contributed by atoms with van der Waals surface area (Å²) in [5, 5.41) is 2.81. The maximum atomic E-state index is 12.5. The summed E-state index contributed by atoms with van der Waals surface area (Å²) in [6.07, 6.45) is 1.35. The van der Waals surface area contributed by atoms with Crippen molar-refractivity contribution in [2.75, 3.05) is 19.7 Å². The summed E-state index contributed by atoms with van der Waals surface area (Å²) in [7, 11) is 0. The largest absolute Gasteiger partial charge is 0.450 e. The second-order valence-corrected chi connectivity index (χ2v) is 5.32. The minimum atomic E-state index is -0.410. The number of amides is 2. The van der Waals surface area contributed by atoms with Crippen molar-refractivity contribution in [1.82, 2.24) is 10.2 Å². The number of piperidine rings is 1. The van der Waals surface area contributed by atoms with Crippen LogP contribution in [0, 0.1) is 6.92 Å². The zero-order valence-corrected chi connectivity index (χ0v) is 12.6. The molecule has 0 radical (unpaired) electrons. The van der Waals surface area contributed by atoms with Gasteiger partial charge in [-0.25, -0.2) is 4.79 Å². The van der Waals surface area contributed by atoms with Crippen molar-refractivity contribution in [1.29, 1.82) is 0 Å². The zero-order chi connectivity index (χ0) is 15.2. The highest BCUT2D eigenvalue weighted by Crippen LogP contribution is 2.15. The van der Waals surface area contributed by atoms with Crippen LogP contribution in [0.1, 0.15) is 35.7 Å². The number of likely N-dealkylation sites (tertiary alicyclic amines) is 1. The fourth-order valence-electron chi connectivity index (χ4n) is 2.58. The van der Waals surface area contributed by atoms with E-state index in [2.05, 4.69) is 5.32 Å². The Labute approximate surface area is 125 Å². The molecule has 0 aromatic heterocycles. The number of nitrogens with one attached hydrogen (secondary N) is 1. The second-order valence-electron chi connectivity index (χ2n) is 5.32. The van der Waals surface area contributed by atoms with E-state index in [0.29, 0.717) is 18.7 Å². The number of nitrogens with zero attached hydrogens (tertiary/aromatic N) is 1. The molecule has 0 bridgehead atoms. The van der Waals surface area contributed by atoms with Crippen LogP contribution in [0.4, 0.5) is 4.79 Å². The van der Waals surface area contributed by atoms with Crippen molar-refractivity contribution in [2.24, 2.45) is 0 Å². The predicted octanol–water partition coefficient (Wildman–Crippen LogP) is 2.35. The van der Waals surface area contributed by atoms with Gasteiger partial charge < -0.3 is 15.0 Å². The predicted molar refractivity (Wildman–Crippen MR) is 80.3 cm³/mol. The Morgan fingerprint density at radius 1 is 1.43 bits per heavy atom. The smallest absolute Gasteiger partial charge is 0.407 e. The quantitative estimate of drug-likeness (QED) is 0.929. The van der Waals surface area contributed by atoms with Crippen LogP contribution in [-0.2, 0) is 4.74 Å². The van der Waals surface area contributed by atoms with Crippen LogP contribution in [0.25, 0.3) is 0 Å². The van der Waals surface area contributed by atoms with Gasteiger partial charge in [-0.3, -0.25) is 4.79 Å². The van der Waals surface area contributed by atoms with E-state index in [0.717, 1.165) is 24.9 Å². The number of aryl methyl sites for hydroxylation is 1. The van der Waals surface area contributed by atoms with Crippen LogP contribution in [0.2, 0.25) is 0 Å². The molecule has 1 aromatic carbocycles. The van der Waals surface area contributed by atoms with E-state index < -0.39 is 6.09 Å². The lowest BCUT2D eigenvalue weighted by atomic mass is 10.0. The molecular weight excluding hydrogens is 268 g/mol. The molecule has 2 amide bonds. The van der Waals surface area contributed by atoms with Gasteiger partial charge in [-0.05, 0) is 38.8 Å².